The van der Waals surface area contributed by atoms with E-state index in [1.54, 1.807) is 18.5 Å². The number of nitrogens with zero attached hydrogens (tertiary/aromatic N) is 2. The molecule has 0 spiro atoms. The molecule has 0 fully saturated rings. The molecule has 1 aliphatic heterocycles. The van der Waals surface area contributed by atoms with Gasteiger partial charge in [0.1, 0.15) is 0 Å². The summed E-state index contributed by atoms with van der Waals surface area (Å²) in [5.74, 6) is -0.408. The zero-order valence-corrected chi connectivity index (χ0v) is 8.42. The molecule has 4 nitrogen and oxygen atoms in total. The highest BCUT2D eigenvalue weighted by Gasteiger charge is 2.12. The molecule has 0 aliphatic carbocycles. The van der Waals surface area contributed by atoms with Crippen LogP contribution < -0.4 is 5.73 Å². The van der Waals surface area contributed by atoms with Gasteiger partial charge in [-0.1, -0.05) is 6.07 Å². The Morgan fingerprint density at radius 3 is 3.00 bits per heavy atom. The number of aliphatic imine (C=N–C) groups is 1. The molecule has 3 rings (SSSR count). The maximum absolute atomic E-state index is 11.3. The Labute approximate surface area is 91.7 Å². The first-order valence-corrected chi connectivity index (χ1v) is 4.90. The minimum atomic E-state index is -0.408. The fourth-order valence-corrected chi connectivity index (χ4v) is 1.99. The van der Waals surface area contributed by atoms with Crippen molar-refractivity contribution in [3.05, 3.63) is 41.7 Å². The summed E-state index contributed by atoms with van der Waals surface area (Å²) in [6.45, 7) is 0. The van der Waals surface area contributed by atoms with E-state index in [4.69, 9.17) is 5.73 Å². The Kier molecular flexibility index (Phi) is 1.71. The number of rotatable bonds is 1. The molecule has 1 aromatic heterocycles. The predicted octanol–water partition coefficient (Wildman–Crippen LogP) is 1.60. The van der Waals surface area contributed by atoms with Gasteiger partial charge < -0.3 is 10.3 Å². The molecule has 78 valence electrons. The second-order valence-electron chi connectivity index (χ2n) is 3.63. The van der Waals surface area contributed by atoms with Crippen molar-refractivity contribution in [3.63, 3.8) is 0 Å². The third kappa shape index (κ3) is 1.10. The van der Waals surface area contributed by atoms with Crippen molar-refractivity contribution >= 4 is 29.2 Å². The van der Waals surface area contributed by atoms with E-state index in [1.807, 2.05) is 29.1 Å². The highest BCUT2D eigenvalue weighted by molar-refractivity contribution is 6.10. The lowest BCUT2D eigenvalue weighted by molar-refractivity contribution is 0.100. The van der Waals surface area contributed by atoms with Crippen LogP contribution in [-0.4, -0.2) is 16.7 Å². The normalized spacial score (nSPS) is 13.0. The van der Waals surface area contributed by atoms with Crippen LogP contribution in [0.3, 0.4) is 0 Å². The smallest absolute Gasteiger partial charge is 0.249 e. The van der Waals surface area contributed by atoms with E-state index in [2.05, 4.69) is 4.99 Å². The summed E-state index contributed by atoms with van der Waals surface area (Å²) in [7, 11) is 0. The third-order valence-corrected chi connectivity index (χ3v) is 2.70. The van der Waals surface area contributed by atoms with Crippen molar-refractivity contribution in [1.29, 1.82) is 0 Å². The van der Waals surface area contributed by atoms with Gasteiger partial charge in [-0.2, -0.15) is 0 Å². The van der Waals surface area contributed by atoms with Crippen LogP contribution in [0.25, 0.3) is 17.1 Å². The average Bonchev–Trinajstić information content (AvgIpc) is 2.56. The minimum Gasteiger partial charge on any atom is -0.366 e. The van der Waals surface area contributed by atoms with Gasteiger partial charge in [-0.3, -0.25) is 9.79 Å². The highest BCUT2D eigenvalue weighted by atomic mass is 16.1. The van der Waals surface area contributed by atoms with Gasteiger partial charge in [-0.15, -0.1) is 0 Å². The van der Waals surface area contributed by atoms with Gasteiger partial charge in [0.15, 0.2) is 0 Å². The minimum absolute atomic E-state index is 0.408. The van der Waals surface area contributed by atoms with Crippen LogP contribution in [0.4, 0.5) is 0 Å². The van der Waals surface area contributed by atoms with Crippen LogP contribution in [0.1, 0.15) is 15.9 Å². The Morgan fingerprint density at radius 2 is 2.19 bits per heavy atom. The number of carbonyl (C=O) groups excluding carboxylic acids is 1. The molecule has 4 heteroatoms. The lowest BCUT2D eigenvalue weighted by Gasteiger charge is -2.03. The number of aromatic nitrogens is 1. The van der Waals surface area contributed by atoms with E-state index in [1.165, 1.54) is 0 Å². The van der Waals surface area contributed by atoms with Crippen molar-refractivity contribution in [1.82, 2.24) is 4.57 Å². The van der Waals surface area contributed by atoms with Gasteiger partial charge >= 0.3 is 0 Å². The van der Waals surface area contributed by atoms with E-state index < -0.39 is 5.91 Å². The first-order chi connectivity index (χ1) is 7.77. The van der Waals surface area contributed by atoms with Gasteiger partial charge in [0.2, 0.25) is 5.91 Å². The molecule has 0 bridgehead atoms. The number of carbonyl (C=O) groups is 1. The molecule has 2 N–H and O–H groups in total. The van der Waals surface area contributed by atoms with Crippen LogP contribution in [-0.2, 0) is 0 Å². The number of amides is 1. The van der Waals surface area contributed by atoms with Crippen molar-refractivity contribution in [2.45, 2.75) is 0 Å². The van der Waals surface area contributed by atoms with Crippen LogP contribution in [0.2, 0.25) is 0 Å². The number of hydrogen-bond donors (Lipinski definition) is 1. The molecule has 0 atom stereocenters. The summed E-state index contributed by atoms with van der Waals surface area (Å²) in [6, 6.07) is 5.49. The fourth-order valence-electron chi connectivity index (χ4n) is 1.99. The van der Waals surface area contributed by atoms with Crippen molar-refractivity contribution in [2.75, 3.05) is 0 Å². The molecule has 0 unspecified atom stereocenters. The van der Waals surface area contributed by atoms with E-state index in [0.29, 0.717) is 5.56 Å². The van der Waals surface area contributed by atoms with E-state index in [0.717, 1.165) is 16.5 Å². The lowest BCUT2D eigenvalue weighted by Crippen LogP contribution is -2.11. The first kappa shape index (κ1) is 8.91. The van der Waals surface area contributed by atoms with E-state index in [9.17, 15) is 4.79 Å². The van der Waals surface area contributed by atoms with E-state index in [-0.39, 0.29) is 0 Å². The zero-order chi connectivity index (χ0) is 11.1. The van der Waals surface area contributed by atoms with Crippen LogP contribution in [0.5, 0.6) is 0 Å². The zero-order valence-electron chi connectivity index (χ0n) is 8.42. The quantitative estimate of drug-likeness (QED) is 0.765. The summed E-state index contributed by atoms with van der Waals surface area (Å²) in [6.07, 6.45) is 7.22. The Balaban J connectivity index is 2.47. The van der Waals surface area contributed by atoms with Gasteiger partial charge in [-0.05, 0) is 12.1 Å². The Bertz CT molecular complexity index is 650. The largest absolute Gasteiger partial charge is 0.366 e. The number of nitrogens with two attached hydrogens (primary N) is 1. The molecular formula is C12H9N3O. The molecule has 0 saturated heterocycles. The molecule has 2 aromatic rings. The summed E-state index contributed by atoms with van der Waals surface area (Å²) in [4.78, 5) is 15.4. The van der Waals surface area contributed by atoms with Crippen LogP contribution in [0.15, 0.2) is 35.6 Å². The van der Waals surface area contributed by atoms with Crippen molar-refractivity contribution < 1.29 is 4.79 Å². The van der Waals surface area contributed by atoms with Gasteiger partial charge in [-0.25, -0.2) is 0 Å². The van der Waals surface area contributed by atoms with Crippen molar-refractivity contribution in [2.24, 2.45) is 10.7 Å². The molecule has 16 heavy (non-hydrogen) atoms. The van der Waals surface area contributed by atoms with Crippen LogP contribution >= 0.6 is 0 Å². The molecule has 1 amide bonds. The van der Waals surface area contributed by atoms with Crippen molar-refractivity contribution in [3.8, 4) is 0 Å². The summed E-state index contributed by atoms with van der Waals surface area (Å²) in [5.41, 5.74) is 7.83. The Morgan fingerprint density at radius 1 is 1.31 bits per heavy atom. The predicted molar refractivity (Wildman–Crippen MR) is 63.4 cm³/mol. The number of hydrogen-bond acceptors (Lipinski definition) is 2. The summed E-state index contributed by atoms with van der Waals surface area (Å²) in [5, 5.41) is 0.864. The number of primary amides is 1. The lowest BCUT2D eigenvalue weighted by atomic mass is 10.1. The third-order valence-electron chi connectivity index (χ3n) is 2.70. The summed E-state index contributed by atoms with van der Waals surface area (Å²) >= 11 is 0. The second kappa shape index (κ2) is 3.06. The monoisotopic (exact) mass is 211 g/mol. The van der Waals surface area contributed by atoms with Crippen LogP contribution in [0, 0.1) is 0 Å². The molecule has 1 aromatic carbocycles. The average molecular weight is 211 g/mol. The molecule has 2 heterocycles. The molecule has 0 radical (unpaired) electrons. The number of benzene rings is 1. The fraction of sp³-hybridized carbons (Fsp3) is 0. The summed E-state index contributed by atoms with van der Waals surface area (Å²) < 4.78 is 1.93. The molecular weight excluding hydrogens is 202 g/mol. The standard InChI is InChI=1S/C12H9N3O/c13-12(16)10-2-1-8-7-14-4-6-15-5-3-9(10)11(8)15/h1-7H,(H2,13,16). The van der Waals surface area contributed by atoms with E-state index >= 15 is 0 Å². The first-order valence-electron chi connectivity index (χ1n) is 4.90. The maximum Gasteiger partial charge on any atom is 0.249 e. The molecule has 1 aliphatic rings. The molecule has 0 saturated carbocycles. The maximum atomic E-state index is 11.3. The second-order valence-corrected chi connectivity index (χ2v) is 3.63. The van der Waals surface area contributed by atoms with Gasteiger partial charge in [0, 0.05) is 41.3 Å². The van der Waals surface area contributed by atoms with Gasteiger partial charge in [0.25, 0.3) is 0 Å². The SMILES string of the molecule is NC(=O)c1ccc2c3c1ccn3C=CN=C2. The highest BCUT2D eigenvalue weighted by Crippen LogP contribution is 2.24. The van der Waals surface area contributed by atoms with Gasteiger partial charge in [0.05, 0.1) is 5.52 Å². The Hall–Kier alpha value is -2.36. The topological polar surface area (TPSA) is 60.4 Å².